The van der Waals surface area contributed by atoms with E-state index in [2.05, 4.69) is 11.1 Å². The molecule has 1 fully saturated rings. The summed E-state index contributed by atoms with van der Waals surface area (Å²) in [6.45, 7) is 5.11. The van der Waals surface area contributed by atoms with Crippen LogP contribution < -0.4 is 4.90 Å². The van der Waals surface area contributed by atoms with Crippen LogP contribution in [0.5, 0.6) is 0 Å². The summed E-state index contributed by atoms with van der Waals surface area (Å²) in [4.78, 5) is 17.9. The fraction of sp³-hybridized carbons (Fsp3) is 0.500. The number of rotatable bonds is 2. The van der Waals surface area contributed by atoms with E-state index in [1.54, 1.807) is 0 Å². The van der Waals surface area contributed by atoms with Gasteiger partial charge in [-0.3, -0.25) is 0 Å². The molecule has 1 aliphatic rings. The lowest BCUT2D eigenvalue weighted by molar-refractivity contribution is -0.154. The number of nitrogens with zero attached hydrogens (tertiary/aromatic N) is 3. The zero-order valence-corrected chi connectivity index (χ0v) is 11.8. The van der Waals surface area contributed by atoms with Gasteiger partial charge in [-0.2, -0.15) is 5.26 Å². The molecule has 0 saturated carbocycles. The van der Waals surface area contributed by atoms with Gasteiger partial charge in [0.25, 0.3) is 0 Å². The van der Waals surface area contributed by atoms with Crippen molar-refractivity contribution in [2.24, 2.45) is 0 Å². The molecular weight excluding hydrogens is 258 g/mol. The monoisotopic (exact) mass is 275 g/mol. The highest BCUT2D eigenvalue weighted by Gasteiger charge is 2.29. The van der Waals surface area contributed by atoms with E-state index >= 15 is 0 Å². The number of hydrogen-bond acceptors (Lipinski definition) is 6. The van der Waals surface area contributed by atoms with E-state index in [1.807, 2.05) is 24.8 Å². The van der Waals surface area contributed by atoms with Gasteiger partial charge in [0.1, 0.15) is 11.9 Å². The Hall–Kier alpha value is -2.13. The molecule has 2 rings (SSSR count). The number of methoxy groups -OCH3 is 1. The molecule has 1 aliphatic heterocycles. The number of carbonyl (C=O) groups excluding carboxylic acids is 1. The van der Waals surface area contributed by atoms with Crippen molar-refractivity contribution in [1.82, 2.24) is 4.98 Å². The Morgan fingerprint density at radius 2 is 2.35 bits per heavy atom. The van der Waals surface area contributed by atoms with Gasteiger partial charge in [-0.1, -0.05) is 0 Å². The third kappa shape index (κ3) is 2.73. The van der Waals surface area contributed by atoms with Gasteiger partial charge in [-0.25, -0.2) is 9.78 Å². The molecule has 0 aromatic carbocycles. The van der Waals surface area contributed by atoms with Gasteiger partial charge in [0, 0.05) is 12.2 Å². The Morgan fingerprint density at radius 1 is 1.60 bits per heavy atom. The summed E-state index contributed by atoms with van der Waals surface area (Å²) in [6.07, 6.45) is -0.636. The average Bonchev–Trinajstić information content (AvgIpc) is 2.45. The number of nitriles is 1. The average molecular weight is 275 g/mol. The van der Waals surface area contributed by atoms with Gasteiger partial charge >= 0.3 is 5.97 Å². The van der Waals surface area contributed by atoms with Crippen LogP contribution in [-0.4, -0.2) is 43.9 Å². The maximum atomic E-state index is 11.6. The molecule has 0 aliphatic carbocycles. The summed E-state index contributed by atoms with van der Waals surface area (Å²) in [7, 11) is 1.33. The van der Waals surface area contributed by atoms with E-state index in [0.717, 1.165) is 11.3 Å². The standard InChI is InChI=1S/C14H17N3O3/c1-9-6-10(2)16-13(11(9)7-15)17-4-5-20-12(8-17)14(18)19-3/h6,12H,4-5,8H2,1-3H3. The minimum Gasteiger partial charge on any atom is -0.467 e. The molecule has 0 amide bonds. The zero-order chi connectivity index (χ0) is 14.7. The molecule has 1 saturated heterocycles. The van der Waals surface area contributed by atoms with Crippen molar-refractivity contribution in [3.05, 3.63) is 22.9 Å². The maximum Gasteiger partial charge on any atom is 0.336 e. The number of anilines is 1. The van der Waals surface area contributed by atoms with E-state index in [4.69, 9.17) is 9.47 Å². The second kappa shape index (κ2) is 5.88. The predicted octanol–water partition coefficient (Wildman–Crippen LogP) is 0.948. The van der Waals surface area contributed by atoms with Crippen LogP contribution in [0.2, 0.25) is 0 Å². The van der Waals surface area contributed by atoms with Crippen LogP contribution >= 0.6 is 0 Å². The summed E-state index contributed by atoms with van der Waals surface area (Å²) in [5.74, 6) is 0.208. The van der Waals surface area contributed by atoms with E-state index in [9.17, 15) is 10.1 Å². The van der Waals surface area contributed by atoms with Crippen LogP contribution in [-0.2, 0) is 14.3 Å². The summed E-state index contributed by atoms with van der Waals surface area (Å²) < 4.78 is 10.1. The highest BCUT2D eigenvalue weighted by Crippen LogP contribution is 2.23. The maximum absolute atomic E-state index is 11.6. The molecular formula is C14H17N3O3. The lowest BCUT2D eigenvalue weighted by atomic mass is 10.1. The van der Waals surface area contributed by atoms with Gasteiger partial charge in [0.2, 0.25) is 0 Å². The van der Waals surface area contributed by atoms with Crippen molar-refractivity contribution < 1.29 is 14.3 Å². The normalized spacial score (nSPS) is 18.5. The summed E-state index contributed by atoms with van der Waals surface area (Å²) in [5.41, 5.74) is 2.27. The molecule has 0 bridgehead atoms. The highest BCUT2D eigenvalue weighted by molar-refractivity contribution is 5.76. The van der Waals surface area contributed by atoms with E-state index in [1.165, 1.54) is 7.11 Å². The minimum atomic E-state index is -0.636. The van der Waals surface area contributed by atoms with Crippen molar-refractivity contribution in [2.45, 2.75) is 20.0 Å². The van der Waals surface area contributed by atoms with Crippen LogP contribution in [0.15, 0.2) is 6.07 Å². The predicted molar refractivity (Wildman–Crippen MR) is 72.4 cm³/mol. The smallest absolute Gasteiger partial charge is 0.336 e. The number of carbonyl (C=O) groups is 1. The molecule has 106 valence electrons. The van der Waals surface area contributed by atoms with Crippen molar-refractivity contribution in [1.29, 1.82) is 5.26 Å². The highest BCUT2D eigenvalue weighted by atomic mass is 16.6. The summed E-state index contributed by atoms with van der Waals surface area (Å²) >= 11 is 0. The fourth-order valence-electron chi connectivity index (χ4n) is 2.30. The number of aromatic nitrogens is 1. The van der Waals surface area contributed by atoms with Crippen LogP contribution in [0.4, 0.5) is 5.82 Å². The van der Waals surface area contributed by atoms with Gasteiger partial charge < -0.3 is 14.4 Å². The van der Waals surface area contributed by atoms with Crippen LogP contribution in [0, 0.1) is 25.2 Å². The molecule has 1 atom stereocenters. The Kier molecular flexibility index (Phi) is 4.20. The van der Waals surface area contributed by atoms with Crippen LogP contribution in [0.1, 0.15) is 16.8 Å². The topological polar surface area (TPSA) is 75.5 Å². The summed E-state index contributed by atoms with van der Waals surface area (Å²) in [6, 6.07) is 4.06. The van der Waals surface area contributed by atoms with Crippen molar-refractivity contribution in [2.75, 3.05) is 31.7 Å². The molecule has 0 spiro atoms. The second-order valence-electron chi connectivity index (χ2n) is 4.72. The molecule has 0 radical (unpaired) electrons. The molecule has 6 heteroatoms. The first kappa shape index (κ1) is 14.3. The van der Waals surface area contributed by atoms with Crippen LogP contribution in [0.25, 0.3) is 0 Å². The Morgan fingerprint density at radius 3 is 3.00 bits per heavy atom. The lowest BCUT2D eigenvalue weighted by Crippen LogP contribution is -2.47. The number of pyridine rings is 1. The fourth-order valence-corrected chi connectivity index (χ4v) is 2.30. The first-order valence-corrected chi connectivity index (χ1v) is 6.39. The number of hydrogen-bond donors (Lipinski definition) is 0. The quantitative estimate of drug-likeness (QED) is 0.748. The molecule has 1 unspecified atom stereocenters. The SMILES string of the molecule is COC(=O)C1CN(c2nc(C)cc(C)c2C#N)CCO1. The largest absolute Gasteiger partial charge is 0.467 e. The van der Waals surface area contributed by atoms with E-state index in [-0.39, 0.29) is 0 Å². The van der Waals surface area contributed by atoms with Gasteiger partial charge in [0.05, 0.1) is 25.8 Å². The molecule has 20 heavy (non-hydrogen) atoms. The lowest BCUT2D eigenvalue weighted by Gasteiger charge is -2.33. The Bertz CT molecular complexity index is 566. The van der Waals surface area contributed by atoms with Crippen molar-refractivity contribution in [3.8, 4) is 6.07 Å². The minimum absolute atomic E-state index is 0.344. The summed E-state index contributed by atoms with van der Waals surface area (Å²) in [5, 5.41) is 9.30. The Labute approximate surface area is 117 Å². The van der Waals surface area contributed by atoms with E-state index < -0.39 is 12.1 Å². The molecule has 1 aromatic heterocycles. The first-order chi connectivity index (χ1) is 9.56. The number of ether oxygens (including phenoxy) is 2. The third-order valence-electron chi connectivity index (χ3n) is 3.27. The molecule has 0 N–H and O–H groups in total. The number of esters is 1. The first-order valence-electron chi connectivity index (χ1n) is 6.39. The Balaban J connectivity index is 2.32. The zero-order valence-electron chi connectivity index (χ0n) is 11.8. The second-order valence-corrected chi connectivity index (χ2v) is 4.72. The number of aryl methyl sites for hydroxylation is 2. The van der Waals surface area contributed by atoms with Gasteiger partial charge in [-0.15, -0.1) is 0 Å². The van der Waals surface area contributed by atoms with Gasteiger partial charge in [0.15, 0.2) is 6.10 Å². The molecule has 2 heterocycles. The number of morpholine rings is 1. The van der Waals surface area contributed by atoms with Crippen molar-refractivity contribution in [3.63, 3.8) is 0 Å². The van der Waals surface area contributed by atoms with E-state index in [0.29, 0.717) is 31.1 Å². The van der Waals surface area contributed by atoms with Gasteiger partial charge in [-0.05, 0) is 25.5 Å². The third-order valence-corrected chi connectivity index (χ3v) is 3.27. The van der Waals surface area contributed by atoms with Crippen molar-refractivity contribution >= 4 is 11.8 Å². The van der Waals surface area contributed by atoms with Crippen LogP contribution in [0.3, 0.4) is 0 Å². The molecule has 6 nitrogen and oxygen atoms in total. The molecule has 1 aromatic rings.